The molecule has 0 bridgehead atoms. The second kappa shape index (κ2) is 7.64. The number of hydrogen-bond donors (Lipinski definition) is 3. The van der Waals surface area contributed by atoms with Gasteiger partial charge in [-0.1, -0.05) is 23.8 Å². The van der Waals surface area contributed by atoms with Crippen molar-refractivity contribution in [1.82, 2.24) is 10.6 Å². The summed E-state index contributed by atoms with van der Waals surface area (Å²) in [5.41, 5.74) is 5.52. The summed E-state index contributed by atoms with van der Waals surface area (Å²) < 4.78 is 0. The minimum atomic E-state index is -0.272. The molecule has 0 radical (unpaired) electrons. The van der Waals surface area contributed by atoms with Crippen molar-refractivity contribution in [3.8, 4) is 0 Å². The van der Waals surface area contributed by atoms with Crippen LogP contribution in [0.2, 0.25) is 0 Å². The molecular weight excluding hydrogens is 302 g/mol. The maximum absolute atomic E-state index is 12.1. The van der Waals surface area contributed by atoms with Crippen LogP contribution in [0.25, 0.3) is 0 Å². The SMILES string of the molecule is CNC(=O)c1ccc(NC(=O)NCc2ccc(C)cc2C)c(C)c1. The molecule has 0 aliphatic carbocycles. The van der Waals surface area contributed by atoms with Gasteiger partial charge in [-0.05, 0) is 55.7 Å². The third-order valence-corrected chi connectivity index (χ3v) is 3.90. The predicted octanol–water partition coefficient (Wildman–Crippen LogP) is 3.29. The lowest BCUT2D eigenvalue weighted by atomic mass is 10.1. The van der Waals surface area contributed by atoms with E-state index in [-0.39, 0.29) is 11.9 Å². The molecule has 126 valence electrons. The van der Waals surface area contributed by atoms with Crippen LogP contribution in [0.15, 0.2) is 36.4 Å². The molecule has 0 atom stereocenters. The summed E-state index contributed by atoms with van der Waals surface area (Å²) in [6.45, 7) is 6.39. The van der Waals surface area contributed by atoms with Gasteiger partial charge in [-0.25, -0.2) is 4.79 Å². The van der Waals surface area contributed by atoms with Crippen LogP contribution in [0.3, 0.4) is 0 Å². The molecule has 2 aromatic rings. The molecule has 5 heteroatoms. The minimum Gasteiger partial charge on any atom is -0.355 e. The number of urea groups is 1. The van der Waals surface area contributed by atoms with Crippen LogP contribution in [0.4, 0.5) is 10.5 Å². The quantitative estimate of drug-likeness (QED) is 0.807. The largest absolute Gasteiger partial charge is 0.355 e. The van der Waals surface area contributed by atoms with Crippen molar-refractivity contribution in [2.75, 3.05) is 12.4 Å². The molecule has 2 rings (SSSR count). The van der Waals surface area contributed by atoms with Crippen molar-refractivity contribution in [2.45, 2.75) is 27.3 Å². The van der Waals surface area contributed by atoms with Crippen molar-refractivity contribution < 1.29 is 9.59 Å². The Morgan fingerprint density at radius 2 is 1.71 bits per heavy atom. The van der Waals surface area contributed by atoms with E-state index in [0.29, 0.717) is 17.8 Å². The Morgan fingerprint density at radius 1 is 0.958 bits per heavy atom. The summed E-state index contributed by atoms with van der Waals surface area (Å²) in [5, 5.41) is 8.25. The van der Waals surface area contributed by atoms with Gasteiger partial charge in [0.05, 0.1) is 0 Å². The summed E-state index contributed by atoms with van der Waals surface area (Å²) in [7, 11) is 1.59. The molecule has 5 nitrogen and oxygen atoms in total. The van der Waals surface area contributed by atoms with Crippen molar-refractivity contribution in [3.05, 3.63) is 64.2 Å². The molecule has 0 saturated carbocycles. The van der Waals surface area contributed by atoms with Gasteiger partial charge in [0.2, 0.25) is 0 Å². The number of nitrogens with one attached hydrogen (secondary N) is 3. The van der Waals surface area contributed by atoms with Crippen LogP contribution >= 0.6 is 0 Å². The van der Waals surface area contributed by atoms with Crippen molar-refractivity contribution >= 4 is 17.6 Å². The Balaban J connectivity index is 1.98. The van der Waals surface area contributed by atoms with Crippen LogP contribution in [0.5, 0.6) is 0 Å². The Morgan fingerprint density at radius 3 is 2.33 bits per heavy atom. The number of anilines is 1. The molecule has 0 saturated heterocycles. The van der Waals surface area contributed by atoms with E-state index < -0.39 is 0 Å². The standard InChI is InChI=1S/C19H23N3O2/c1-12-5-6-16(13(2)9-12)11-21-19(24)22-17-8-7-15(10-14(17)3)18(23)20-4/h5-10H,11H2,1-4H3,(H,20,23)(H2,21,22,24). The van der Waals surface area contributed by atoms with Crippen LogP contribution in [-0.2, 0) is 6.54 Å². The summed E-state index contributed by atoms with van der Waals surface area (Å²) in [4.78, 5) is 23.7. The second-order valence-corrected chi connectivity index (χ2v) is 5.85. The van der Waals surface area contributed by atoms with Crippen molar-refractivity contribution in [2.24, 2.45) is 0 Å². The van der Waals surface area contributed by atoms with E-state index in [9.17, 15) is 9.59 Å². The lowest BCUT2D eigenvalue weighted by Crippen LogP contribution is -2.28. The Labute approximate surface area is 142 Å². The molecule has 2 aromatic carbocycles. The zero-order valence-corrected chi connectivity index (χ0v) is 14.5. The van der Waals surface area contributed by atoms with E-state index in [1.165, 1.54) is 5.56 Å². The van der Waals surface area contributed by atoms with Gasteiger partial charge >= 0.3 is 6.03 Å². The van der Waals surface area contributed by atoms with Gasteiger partial charge in [0.25, 0.3) is 5.91 Å². The fourth-order valence-electron chi connectivity index (χ4n) is 2.48. The normalized spacial score (nSPS) is 10.2. The van der Waals surface area contributed by atoms with E-state index in [0.717, 1.165) is 16.7 Å². The average Bonchev–Trinajstić information content (AvgIpc) is 2.55. The highest BCUT2D eigenvalue weighted by Gasteiger charge is 2.09. The number of carbonyl (C=O) groups excluding carboxylic acids is 2. The number of amides is 3. The molecular formula is C19H23N3O2. The van der Waals surface area contributed by atoms with Gasteiger partial charge in [0, 0.05) is 24.8 Å². The molecule has 0 fully saturated rings. The number of carbonyl (C=O) groups is 2. The maximum Gasteiger partial charge on any atom is 0.319 e. The zero-order chi connectivity index (χ0) is 17.7. The third kappa shape index (κ3) is 4.35. The van der Waals surface area contributed by atoms with Gasteiger partial charge < -0.3 is 16.0 Å². The van der Waals surface area contributed by atoms with Gasteiger partial charge in [-0.3, -0.25) is 4.79 Å². The lowest BCUT2D eigenvalue weighted by Gasteiger charge is -2.12. The summed E-state index contributed by atoms with van der Waals surface area (Å²) in [6, 6.07) is 11.0. The molecule has 0 heterocycles. The topological polar surface area (TPSA) is 70.2 Å². The third-order valence-electron chi connectivity index (χ3n) is 3.90. The average molecular weight is 325 g/mol. The summed E-state index contributed by atoms with van der Waals surface area (Å²) >= 11 is 0. The lowest BCUT2D eigenvalue weighted by molar-refractivity contribution is 0.0963. The van der Waals surface area contributed by atoms with Gasteiger partial charge in [-0.2, -0.15) is 0 Å². The van der Waals surface area contributed by atoms with Crippen molar-refractivity contribution in [1.29, 1.82) is 0 Å². The summed E-state index contributed by atoms with van der Waals surface area (Å²) in [6.07, 6.45) is 0. The highest BCUT2D eigenvalue weighted by Crippen LogP contribution is 2.16. The van der Waals surface area contributed by atoms with E-state index in [1.54, 1.807) is 25.2 Å². The minimum absolute atomic E-state index is 0.149. The second-order valence-electron chi connectivity index (χ2n) is 5.85. The van der Waals surface area contributed by atoms with Crippen LogP contribution in [-0.4, -0.2) is 19.0 Å². The summed E-state index contributed by atoms with van der Waals surface area (Å²) in [5.74, 6) is -0.149. The maximum atomic E-state index is 12.1. The van der Waals surface area contributed by atoms with Crippen molar-refractivity contribution in [3.63, 3.8) is 0 Å². The predicted molar refractivity (Wildman–Crippen MR) is 96.3 cm³/mol. The van der Waals surface area contributed by atoms with Crippen LogP contribution < -0.4 is 16.0 Å². The number of aryl methyl sites for hydroxylation is 3. The van der Waals surface area contributed by atoms with Crippen LogP contribution in [0.1, 0.15) is 32.6 Å². The van der Waals surface area contributed by atoms with Gasteiger partial charge in [0.15, 0.2) is 0 Å². The van der Waals surface area contributed by atoms with Gasteiger partial charge in [-0.15, -0.1) is 0 Å². The number of hydrogen-bond acceptors (Lipinski definition) is 2. The Bertz CT molecular complexity index is 769. The first-order valence-electron chi connectivity index (χ1n) is 7.84. The first kappa shape index (κ1) is 17.5. The highest BCUT2D eigenvalue weighted by molar-refractivity contribution is 5.96. The Kier molecular flexibility index (Phi) is 5.58. The molecule has 0 unspecified atom stereocenters. The van der Waals surface area contributed by atoms with Gasteiger partial charge in [0.1, 0.15) is 0 Å². The molecule has 0 aliphatic heterocycles. The molecule has 3 amide bonds. The van der Waals surface area contributed by atoms with E-state index in [4.69, 9.17) is 0 Å². The molecule has 24 heavy (non-hydrogen) atoms. The first-order valence-corrected chi connectivity index (χ1v) is 7.84. The zero-order valence-electron chi connectivity index (χ0n) is 14.5. The highest BCUT2D eigenvalue weighted by atomic mass is 16.2. The van der Waals surface area contributed by atoms with E-state index in [1.807, 2.05) is 32.9 Å². The molecule has 0 aliphatic rings. The molecule has 0 aromatic heterocycles. The van der Waals surface area contributed by atoms with Crippen LogP contribution in [0, 0.1) is 20.8 Å². The fourth-order valence-corrected chi connectivity index (χ4v) is 2.48. The fraction of sp³-hybridized carbons (Fsp3) is 0.263. The van der Waals surface area contributed by atoms with E-state index >= 15 is 0 Å². The first-order chi connectivity index (χ1) is 11.4. The van der Waals surface area contributed by atoms with E-state index in [2.05, 4.69) is 22.0 Å². The number of benzene rings is 2. The molecule has 0 spiro atoms. The number of rotatable bonds is 4. The Hall–Kier alpha value is -2.82. The smallest absolute Gasteiger partial charge is 0.319 e. The monoisotopic (exact) mass is 325 g/mol. The molecule has 3 N–H and O–H groups in total.